The second kappa shape index (κ2) is 6.07. The monoisotopic (exact) mass is 268 g/mol. The number of nitrogens with one attached hydrogen (secondary N) is 2. The molecule has 2 N–H and O–H groups in total. The summed E-state index contributed by atoms with van der Waals surface area (Å²) in [6, 6.07) is 5.05. The predicted octanol–water partition coefficient (Wildman–Crippen LogP) is 2.43. The predicted molar refractivity (Wildman–Crippen MR) is 72.3 cm³/mol. The minimum atomic E-state index is -0.123. The Hall–Kier alpha value is -1.26. The van der Waals surface area contributed by atoms with Crippen LogP contribution in [0, 0.1) is 0 Å². The number of carbonyl (C=O) groups is 1. The van der Waals surface area contributed by atoms with Crippen LogP contribution in [0.3, 0.4) is 0 Å². The minimum absolute atomic E-state index is 0.0322. The van der Waals surface area contributed by atoms with Crippen LogP contribution < -0.4 is 15.4 Å². The highest BCUT2D eigenvalue weighted by atomic mass is 35.5. The Kier molecular flexibility index (Phi) is 4.44. The van der Waals surface area contributed by atoms with E-state index >= 15 is 0 Å². The highest BCUT2D eigenvalue weighted by Gasteiger charge is 2.21. The van der Waals surface area contributed by atoms with Crippen molar-refractivity contribution in [3.63, 3.8) is 0 Å². The van der Waals surface area contributed by atoms with Gasteiger partial charge in [0.15, 0.2) is 0 Å². The molecule has 0 spiro atoms. The van der Waals surface area contributed by atoms with Crippen LogP contribution in [0.2, 0.25) is 5.02 Å². The maximum absolute atomic E-state index is 12.1. The molecule has 1 atom stereocenters. The number of rotatable bonds is 3. The molecule has 0 aliphatic carbocycles. The van der Waals surface area contributed by atoms with E-state index in [-0.39, 0.29) is 11.9 Å². The molecule has 4 nitrogen and oxygen atoms in total. The molecule has 1 aromatic rings. The molecule has 1 aliphatic rings. The van der Waals surface area contributed by atoms with Gasteiger partial charge in [0, 0.05) is 5.02 Å². The number of methoxy groups -OCH3 is 1. The maximum atomic E-state index is 12.1. The third-order valence-electron chi connectivity index (χ3n) is 3.05. The van der Waals surface area contributed by atoms with Gasteiger partial charge in [-0.1, -0.05) is 18.0 Å². The van der Waals surface area contributed by atoms with Crippen LogP contribution >= 0.6 is 11.6 Å². The lowest BCUT2D eigenvalue weighted by Crippen LogP contribution is -2.43. The van der Waals surface area contributed by atoms with Crippen LogP contribution in [0.1, 0.15) is 19.3 Å². The molecule has 1 heterocycles. The SMILES string of the molecule is COc1ccc(Cl)cc1NC(=O)[C@@H]1CCCCN1. The van der Waals surface area contributed by atoms with Crippen molar-refractivity contribution < 1.29 is 9.53 Å². The number of benzene rings is 1. The number of anilines is 1. The van der Waals surface area contributed by atoms with Crippen molar-refractivity contribution in [1.29, 1.82) is 0 Å². The zero-order chi connectivity index (χ0) is 13.0. The molecule has 1 aromatic carbocycles. The Morgan fingerprint density at radius 3 is 3.00 bits per heavy atom. The lowest BCUT2D eigenvalue weighted by Gasteiger charge is -2.23. The highest BCUT2D eigenvalue weighted by molar-refractivity contribution is 6.31. The van der Waals surface area contributed by atoms with Crippen molar-refractivity contribution >= 4 is 23.2 Å². The van der Waals surface area contributed by atoms with Crippen LogP contribution in [0.4, 0.5) is 5.69 Å². The van der Waals surface area contributed by atoms with E-state index in [1.165, 1.54) is 0 Å². The molecule has 1 fully saturated rings. The van der Waals surface area contributed by atoms with Gasteiger partial charge in [-0.05, 0) is 37.6 Å². The maximum Gasteiger partial charge on any atom is 0.241 e. The molecule has 0 bridgehead atoms. The largest absolute Gasteiger partial charge is 0.495 e. The van der Waals surface area contributed by atoms with Crippen LogP contribution in [-0.4, -0.2) is 25.6 Å². The number of amides is 1. The zero-order valence-electron chi connectivity index (χ0n) is 10.3. The Morgan fingerprint density at radius 1 is 1.50 bits per heavy atom. The molecule has 2 rings (SSSR count). The standard InChI is InChI=1S/C13H17ClN2O2/c1-18-12-6-5-9(14)8-11(12)16-13(17)10-4-2-3-7-15-10/h5-6,8,10,15H,2-4,7H2,1H3,(H,16,17)/t10-/m0/s1. The zero-order valence-corrected chi connectivity index (χ0v) is 11.1. The first-order valence-electron chi connectivity index (χ1n) is 6.08. The van der Waals surface area contributed by atoms with E-state index in [0.717, 1.165) is 25.8 Å². The van der Waals surface area contributed by atoms with Crippen molar-refractivity contribution in [2.45, 2.75) is 25.3 Å². The number of hydrogen-bond acceptors (Lipinski definition) is 3. The van der Waals surface area contributed by atoms with E-state index < -0.39 is 0 Å². The number of carbonyl (C=O) groups excluding carboxylic acids is 1. The summed E-state index contributed by atoms with van der Waals surface area (Å²) in [7, 11) is 1.57. The Labute approximate surface area is 112 Å². The van der Waals surface area contributed by atoms with Crippen molar-refractivity contribution in [1.82, 2.24) is 5.32 Å². The Morgan fingerprint density at radius 2 is 2.33 bits per heavy atom. The quantitative estimate of drug-likeness (QED) is 0.885. The molecular formula is C13H17ClN2O2. The molecule has 0 aromatic heterocycles. The second-order valence-electron chi connectivity index (χ2n) is 4.34. The average Bonchev–Trinajstić information content (AvgIpc) is 2.40. The van der Waals surface area contributed by atoms with Gasteiger partial charge in [-0.15, -0.1) is 0 Å². The summed E-state index contributed by atoms with van der Waals surface area (Å²) in [6.45, 7) is 0.894. The summed E-state index contributed by atoms with van der Waals surface area (Å²) in [5, 5.41) is 6.64. The average molecular weight is 269 g/mol. The van der Waals surface area contributed by atoms with E-state index in [2.05, 4.69) is 10.6 Å². The van der Waals surface area contributed by atoms with Crippen LogP contribution in [0.5, 0.6) is 5.75 Å². The minimum Gasteiger partial charge on any atom is -0.495 e. The van der Waals surface area contributed by atoms with Gasteiger partial charge < -0.3 is 15.4 Å². The molecule has 0 radical (unpaired) electrons. The number of hydrogen-bond donors (Lipinski definition) is 2. The Bertz CT molecular complexity index is 431. The molecule has 98 valence electrons. The third kappa shape index (κ3) is 3.15. The van der Waals surface area contributed by atoms with Gasteiger partial charge in [0.2, 0.25) is 5.91 Å². The molecule has 1 amide bonds. The van der Waals surface area contributed by atoms with Gasteiger partial charge >= 0.3 is 0 Å². The lowest BCUT2D eigenvalue weighted by atomic mass is 10.0. The molecule has 0 saturated carbocycles. The highest BCUT2D eigenvalue weighted by Crippen LogP contribution is 2.28. The van der Waals surface area contributed by atoms with Gasteiger partial charge in [0.25, 0.3) is 0 Å². The van der Waals surface area contributed by atoms with E-state index in [1.54, 1.807) is 25.3 Å². The summed E-state index contributed by atoms with van der Waals surface area (Å²) < 4.78 is 5.19. The molecule has 5 heteroatoms. The summed E-state index contributed by atoms with van der Waals surface area (Å²) >= 11 is 5.92. The molecule has 0 unspecified atom stereocenters. The van der Waals surface area contributed by atoms with Gasteiger partial charge in [-0.3, -0.25) is 4.79 Å². The number of piperidine rings is 1. The topological polar surface area (TPSA) is 50.4 Å². The first kappa shape index (κ1) is 13.2. The van der Waals surface area contributed by atoms with E-state index in [4.69, 9.17) is 16.3 Å². The third-order valence-corrected chi connectivity index (χ3v) is 3.28. The van der Waals surface area contributed by atoms with E-state index in [1.807, 2.05) is 0 Å². The summed E-state index contributed by atoms with van der Waals surface area (Å²) in [5.74, 6) is 0.582. The summed E-state index contributed by atoms with van der Waals surface area (Å²) in [4.78, 5) is 12.1. The van der Waals surface area contributed by atoms with Crippen molar-refractivity contribution in [3.05, 3.63) is 23.2 Å². The molecule has 1 aliphatic heterocycles. The fraction of sp³-hybridized carbons (Fsp3) is 0.462. The molecule has 18 heavy (non-hydrogen) atoms. The van der Waals surface area contributed by atoms with Gasteiger partial charge in [0.1, 0.15) is 5.75 Å². The first-order chi connectivity index (χ1) is 8.70. The number of halogens is 1. The summed E-state index contributed by atoms with van der Waals surface area (Å²) in [5.41, 5.74) is 0.613. The Balaban J connectivity index is 2.07. The van der Waals surface area contributed by atoms with Crippen molar-refractivity contribution in [2.75, 3.05) is 19.0 Å². The van der Waals surface area contributed by atoms with Crippen LogP contribution in [-0.2, 0) is 4.79 Å². The van der Waals surface area contributed by atoms with Gasteiger partial charge in [-0.25, -0.2) is 0 Å². The van der Waals surface area contributed by atoms with E-state index in [0.29, 0.717) is 16.5 Å². The van der Waals surface area contributed by atoms with Crippen molar-refractivity contribution in [2.24, 2.45) is 0 Å². The van der Waals surface area contributed by atoms with E-state index in [9.17, 15) is 4.79 Å². The normalized spacial score (nSPS) is 19.3. The van der Waals surface area contributed by atoms with Crippen molar-refractivity contribution in [3.8, 4) is 5.75 Å². The number of ether oxygens (including phenoxy) is 1. The first-order valence-corrected chi connectivity index (χ1v) is 6.46. The summed E-state index contributed by atoms with van der Waals surface area (Å²) in [6.07, 6.45) is 3.08. The molecular weight excluding hydrogens is 252 g/mol. The second-order valence-corrected chi connectivity index (χ2v) is 4.77. The lowest BCUT2D eigenvalue weighted by molar-refractivity contribution is -0.118. The fourth-order valence-corrected chi connectivity index (χ4v) is 2.25. The van der Waals surface area contributed by atoms with Gasteiger partial charge in [0.05, 0.1) is 18.8 Å². The van der Waals surface area contributed by atoms with Crippen LogP contribution in [0.15, 0.2) is 18.2 Å². The smallest absolute Gasteiger partial charge is 0.241 e. The fourth-order valence-electron chi connectivity index (χ4n) is 2.07. The molecule has 1 saturated heterocycles. The van der Waals surface area contributed by atoms with Gasteiger partial charge in [-0.2, -0.15) is 0 Å². The van der Waals surface area contributed by atoms with Crippen LogP contribution in [0.25, 0.3) is 0 Å².